The number of carbonyl (C=O) groups is 1. The molecule has 0 aliphatic rings. The van der Waals surface area contributed by atoms with Crippen LogP contribution in [0.3, 0.4) is 0 Å². The number of nitrogens with zero attached hydrogens (tertiary/aromatic N) is 1. The zero-order valence-corrected chi connectivity index (χ0v) is 24.2. The first-order chi connectivity index (χ1) is 17.8. The fourth-order valence-electron chi connectivity index (χ4n) is 4.92. The van der Waals surface area contributed by atoms with Gasteiger partial charge in [-0.15, -0.1) is 17.5 Å². The summed E-state index contributed by atoms with van der Waals surface area (Å²) in [7, 11) is 0. The number of benzene rings is 5. The van der Waals surface area contributed by atoms with Crippen molar-refractivity contribution in [2.75, 3.05) is 0 Å². The zero-order valence-electron chi connectivity index (χ0n) is 21.8. The van der Waals surface area contributed by atoms with E-state index in [1.165, 1.54) is 68.8 Å². The number of carbonyl (C=O) groups excluding carboxylic acids is 1. The number of aromatic nitrogens is 1. The van der Waals surface area contributed by atoms with Crippen molar-refractivity contribution in [3.63, 3.8) is 0 Å². The Morgan fingerprint density at radius 2 is 1.42 bits per heavy atom. The molecule has 1 aromatic heterocycles. The number of aliphatic hydroxyl groups excluding tert-OH is 1. The smallest absolute Gasteiger partial charge is 0.155 e. The van der Waals surface area contributed by atoms with Gasteiger partial charge in [-0.1, -0.05) is 99.6 Å². The number of pyridine rings is 1. The minimum Gasteiger partial charge on any atom is -0.512 e. The Bertz CT molecular complexity index is 1850. The molecule has 1 heterocycles. The van der Waals surface area contributed by atoms with Crippen LogP contribution in [0.25, 0.3) is 54.3 Å². The molecule has 0 aliphatic heterocycles. The van der Waals surface area contributed by atoms with Crippen LogP contribution in [0.4, 0.5) is 0 Å². The van der Waals surface area contributed by atoms with E-state index >= 15 is 0 Å². The van der Waals surface area contributed by atoms with Crippen LogP contribution < -0.4 is 0 Å². The Balaban J connectivity index is 0.000000375. The average molecular weight is 675 g/mol. The molecule has 0 spiro atoms. The predicted molar refractivity (Wildman–Crippen MR) is 155 cm³/mol. The minimum atomic E-state index is -0.125. The third kappa shape index (κ3) is 5.38. The molecule has 0 amide bonds. The predicted octanol–water partition coefficient (Wildman–Crippen LogP) is 8.81. The molecule has 38 heavy (non-hydrogen) atoms. The second-order valence-electron chi connectivity index (χ2n) is 9.54. The van der Waals surface area contributed by atoms with Crippen molar-refractivity contribution in [2.45, 2.75) is 27.7 Å². The van der Waals surface area contributed by atoms with Crippen LogP contribution >= 0.6 is 0 Å². The van der Waals surface area contributed by atoms with Gasteiger partial charge in [0.25, 0.3) is 0 Å². The number of aryl methyl sites for hydroxylation is 2. The van der Waals surface area contributed by atoms with E-state index in [4.69, 9.17) is 10.1 Å². The summed E-state index contributed by atoms with van der Waals surface area (Å²) in [6.45, 7) is 7.13. The number of aliphatic hydroxyl groups is 1. The molecule has 0 aliphatic carbocycles. The van der Waals surface area contributed by atoms with Gasteiger partial charge in [-0.2, -0.15) is 0 Å². The second kappa shape index (κ2) is 11.3. The summed E-state index contributed by atoms with van der Waals surface area (Å²) < 4.78 is 0. The molecule has 6 aromatic rings. The molecule has 0 bridgehead atoms. The number of ketones is 1. The fraction of sp³-hybridized carbons (Fsp3) is 0.118. The van der Waals surface area contributed by atoms with Crippen LogP contribution in [0, 0.1) is 19.9 Å². The van der Waals surface area contributed by atoms with Crippen LogP contribution in [0.1, 0.15) is 25.0 Å². The van der Waals surface area contributed by atoms with Gasteiger partial charge in [0.2, 0.25) is 0 Å². The van der Waals surface area contributed by atoms with E-state index in [0.29, 0.717) is 0 Å². The molecular weight excluding hydrogens is 647 g/mol. The first kappa shape index (κ1) is 27.2. The molecule has 191 valence electrons. The maximum Gasteiger partial charge on any atom is 0.155 e. The van der Waals surface area contributed by atoms with Gasteiger partial charge in [-0.05, 0) is 55.3 Å². The van der Waals surface area contributed by atoms with Crippen molar-refractivity contribution in [3.8, 4) is 11.3 Å². The quantitative estimate of drug-likeness (QED) is 0.0865. The van der Waals surface area contributed by atoms with Crippen molar-refractivity contribution in [1.29, 1.82) is 0 Å². The van der Waals surface area contributed by atoms with E-state index < -0.39 is 0 Å². The monoisotopic (exact) mass is 675 g/mol. The molecule has 0 atom stereocenters. The standard InChI is InChI=1S/C29H20N.C5H8O2.Ir/c1-18-7-10-23-21(15-18)17-28(27-16-19(2)8-11-24(23)27)29-26-12-9-20-5-3-4-6-22(20)25(26)13-14-30-29;1-4(6)3-5(2)7;/h3-16H,1-2H3;3,6H,1-2H3;/q-1;;/b;4-3-;. The minimum absolute atomic E-state index is 0. The first-order valence-electron chi connectivity index (χ1n) is 12.3. The van der Waals surface area contributed by atoms with E-state index in [1.807, 2.05) is 6.20 Å². The number of hydrogen-bond donors (Lipinski definition) is 1. The van der Waals surface area contributed by atoms with Gasteiger partial charge in [-0.25, -0.2) is 0 Å². The molecule has 1 radical (unpaired) electrons. The third-order valence-corrected chi connectivity index (χ3v) is 6.49. The molecule has 0 unspecified atom stereocenters. The Morgan fingerprint density at radius 1 is 0.763 bits per heavy atom. The number of fused-ring (bicyclic) bond motifs is 6. The van der Waals surface area contributed by atoms with Gasteiger partial charge >= 0.3 is 0 Å². The largest absolute Gasteiger partial charge is 0.512 e. The third-order valence-electron chi connectivity index (χ3n) is 6.49. The summed E-state index contributed by atoms with van der Waals surface area (Å²) in [5, 5.41) is 18.1. The van der Waals surface area contributed by atoms with E-state index in [2.05, 4.69) is 98.8 Å². The molecule has 3 nitrogen and oxygen atoms in total. The Labute approximate surface area is 236 Å². The second-order valence-corrected chi connectivity index (χ2v) is 9.54. The number of allylic oxidation sites excluding steroid dienone is 2. The number of rotatable bonds is 2. The Morgan fingerprint density at radius 3 is 2.13 bits per heavy atom. The molecule has 0 saturated carbocycles. The van der Waals surface area contributed by atoms with Crippen molar-refractivity contribution in [1.82, 2.24) is 4.98 Å². The molecule has 0 saturated heterocycles. The Hall–Kier alpha value is -3.85. The van der Waals surface area contributed by atoms with Gasteiger partial charge < -0.3 is 5.11 Å². The van der Waals surface area contributed by atoms with Crippen molar-refractivity contribution >= 4 is 48.9 Å². The molecule has 4 heteroatoms. The molecule has 0 fully saturated rings. The molecule has 6 rings (SSSR count). The van der Waals surface area contributed by atoms with Crippen LogP contribution in [-0.4, -0.2) is 15.9 Å². The summed E-state index contributed by atoms with van der Waals surface area (Å²) >= 11 is 0. The van der Waals surface area contributed by atoms with E-state index in [0.717, 1.165) is 16.6 Å². The van der Waals surface area contributed by atoms with Gasteiger partial charge in [-0.3, -0.25) is 9.78 Å². The number of hydrogen-bond acceptors (Lipinski definition) is 3. The normalized spacial score (nSPS) is 11.3. The van der Waals surface area contributed by atoms with Crippen molar-refractivity contribution in [2.24, 2.45) is 0 Å². The summed E-state index contributed by atoms with van der Waals surface area (Å²) in [5.74, 6) is -0.0625. The summed E-state index contributed by atoms with van der Waals surface area (Å²) in [6, 6.07) is 32.1. The summed E-state index contributed by atoms with van der Waals surface area (Å²) in [5.41, 5.74) is 4.56. The van der Waals surface area contributed by atoms with Gasteiger partial charge in [0.15, 0.2) is 5.78 Å². The topological polar surface area (TPSA) is 50.2 Å². The van der Waals surface area contributed by atoms with Gasteiger partial charge in [0, 0.05) is 38.1 Å². The SMILES string of the molecule is CC(=O)/C=C(/C)O.Cc1ccc2c([c-]c(-c3nccc4c3ccc3ccccc34)c3cc(C)ccc32)c1.[Ir]. The summed E-state index contributed by atoms with van der Waals surface area (Å²) in [6.07, 6.45) is 3.10. The van der Waals surface area contributed by atoms with Gasteiger partial charge in [0.05, 0.1) is 5.76 Å². The fourth-order valence-corrected chi connectivity index (χ4v) is 4.92. The van der Waals surface area contributed by atoms with E-state index in [1.54, 1.807) is 0 Å². The molecule has 5 aromatic carbocycles. The summed E-state index contributed by atoms with van der Waals surface area (Å²) in [4.78, 5) is 14.9. The van der Waals surface area contributed by atoms with Crippen LogP contribution in [-0.2, 0) is 24.9 Å². The van der Waals surface area contributed by atoms with Crippen LogP contribution in [0.15, 0.2) is 96.9 Å². The van der Waals surface area contributed by atoms with Crippen LogP contribution in [0.5, 0.6) is 0 Å². The van der Waals surface area contributed by atoms with Crippen molar-refractivity contribution < 1.29 is 30.0 Å². The van der Waals surface area contributed by atoms with Crippen LogP contribution in [0.2, 0.25) is 0 Å². The first-order valence-corrected chi connectivity index (χ1v) is 12.3. The molecule has 1 N–H and O–H groups in total. The maximum atomic E-state index is 10.0. The average Bonchev–Trinajstić information content (AvgIpc) is 2.87. The molecular formula is C34H28IrNO2-. The van der Waals surface area contributed by atoms with E-state index in [-0.39, 0.29) is 31.6 Å². The maximum absolute atomic E-state index is 10.0. The Kier molecular flexibility index (Phi) is 8.06. The van der Waals surface area contributed by atoms with E-state index in [9.17, 15) is 4.79 Å². The van der Waals surface area contributed by atoms with Gasteiger partial charge in [0.1, 0.15) is 0 Å². The van der Waals surface area contributed by atoms with Crippen molar-refractivity contribution in [3.05, 3.63) is 114 Å². The zero-order chi connectivity index (χ0) is 26.1.